The molecule has 1 unspecified atom stereocenters. The number of benzene rings is 1. The van der Waals surface area contributed by atoms with Crippen LogP contribution in [-0.4, -0.2) is 66.4 Å². The van der Waals surface area contributed by atoms with Gasteiger partial charge in [0.05, 0.1) is 19.3 Å². The highest BCUT2D eigenvalue weighted by molar-refractivity contribution is 5.74. The average molecular weight is 412 g/mol. The summed E-state index contributed by atoms with van der Waals surface area (Å²) >= 11 is 0. The number of morpholine rings is 1. The molecule has 0 radical (unpaired) electrons. The molecule has 1 atom stereocenters. The summed E-state index contributed by atoms with van der Waals surface area (Å²) in [6.45, 7) is 4.15. The third-order valence-corrected chi connectivity index (χ3v) is 5.88. The Hall–Kier alpha value is -2.87. The van der Waals surface area contributed by atoms with Crippen LogP contribution in [0.3, 0.4) is 0 Å². The maximum absolute atomic E-state index is 12.7. The van der Waals surface area contributed by atoms with E-state index in [-0.39, 0.29) is 11.6 Å². The molecule has 4 rings (SSSR count). The third kappa shape index (κ3) is 4.81. The van der Waals surface area contributed by atoms with Crippen molar-refractivity contribution in [2.24, 2.45) is 0 Å². The second kappa shape index (κ2) is 9.30. The molecule has 2 fully saturated rings. The largest absolute Gasteiger partial charge is 0.481 e. The molecule has 8 nitrogen and oxygen atoms in total. The summed E-state index contributed by atoms with van der Waals surface area (Å²) in [5, 5.41) is 3.04. The normalized spacial score (nSPS) is 21.9. The number of nitrogens with zero attached hydrogens (tertiary/aromatic N) is 4. The summed E-state index contributed by atoms with van der Waals surface area (Å²) in [6, 6.07) is 11.8. The van der Waals surface area contributed by atoms with Crippen LogP contribution in [0.25, 0.3) is 0 Å². The monoisotopic (exact) mass is 411 g/mol. The molecule has 8 heteroatoms. The van der Waals surface area contributed by atoms with Crippen LogP contribution < -0.4 is 15.0 Å². The molecule has 0 aliphatic carbocycles. The maximum atomic E-state index is 12.7. The molecule has 2 amide bonds. The SMILES string of the molecule is COc1cc(N2CCOC3(CCCN(C(=O)NCc4ccccc4)CC3)C2)ncn1. The first-order valence-electron chi connectivity index (χ1n) is 10.5. The summed E-state index contributed by atoms with van der Waals surface area (Å²) in [7, 11) is 1.61. The van der Waals surface area contributed by atoms with Crippen LogP contribution >= 0.6 is 0 Å². The fourth-order valence-corrected chi connectivity index (χ4v) is 4.21. The quantitative estimate of drug-likeness (QED) is 0.833. The lowest BCUT2D eigenvalue weighted by atomic mass is 9.92. The number of urea groups is 1. The van der Waals surface area contributed by atoms with E-state index < -0.39 is 0 Å². The number of hydrogen-bond donors (Lipinski definition) is 1. The number of methoxy groups -OCH3 is 1. The molecule has 160 valence electrons. The van der Waals surface area contributed by atoms with E-state index in [4.69, 9.17) is 9.47 Å². The summed E-state index contributed by atoms with van der Waals surface area (Å²) < 4.78 is 11.5. The number of ether oxygens (including phenoxy) is 2. The minimum atomic E-state index is -0.259. The van der Waals surface area contributed by atoms with Gasteiger partial charge in [-0.2, -0.15) is 0 Å². The molecule has 3 heterocycles. The van der Waals surface area contributed by atoms with E-state index in [1.54, 1.807) is 7.11 Å². The van der Waals surface area contributed by atoms with Crippen molar-refractivity contribution < 1.29 is 14.3 Å². The second-order valence-corrected chi connectivity index (χ2v) is 7.86. The van der Waals surface area contributed by atoms with Crippen LogP contribution in [0.4, 0.5) is 10.6 Å². The van der Waals surface area contributed by atoms with Gasteiger partial charge in [0.15, 0.2) is 0 Å². The fourth-order valence-electron chi connectivity index (χ4n) is 4.21. The van der Waals surface area contributed by atoms with Crippen molar-refractivity contribution in [2.45, 2.75) is 31.4 Å². The van der Waals surface area contributed by atoms with E-state index in [0.29, 0.717) is 25.6 Å². The minimum Gasteiger partial charge on any atom is -0.481 e. The summed E-state index contributed by atoms with van der Waals surface area (Å²) in [4.78, 5) is 25.3. The number of nitrogens with one attached hydrogen (secondary N) is 1. The molecule has 1 spiro atoms. The molecule has 1 aromatic heterocycles. The highest BCUT2D eigenvalue weighted by Gasteiger charge is 2.39. The Labute approximate surface area is 177 Å². The molecule has 2 aliphatic heterocycles. The Bertz CT molecular complexity index is 850. The van der Waals surface area contributed by atoms with Gasteiger partial charge in [-0.15, -0.1) is 0 Å². The highest BCUT2D eigenvalue weighted by Crippen LogP contribution is 2.32. The molecule has 0 bridgehead atoms. The summed E-state index contributed by atoms with van der Waals surface area (Å²) in [6.07, 6.45) is 4.18. The van der Waals surface area contributed by atoms with E-state index >= 15 is 0 Å². The lowest BCUT2D eigenvalue weighted by Crippen LogP contribution is -2.53. The van der Waals surface area contributed by atoms with Gasteiger partial charge in [-0.1, -0.05) is 30.3 Å². The van der Waals surface area contributed by atoms with Crippen LogP contribution in [0.15, 0.2) is 42.7 Å². The van der Waals surface area contributed by atoms with Gasteiger partial charge in [-0.05, 0) is 24.8 Å². The van der Waals surface area contributed by atoms with Gasteiger partial charge in [0.2, 0.25) is 5.88 Å². The van der Waals surface area contributed by atoms with Crippen molar-refractivity contribution in [1.29, 1.82) is 0 Å². The van der Waals surface area contributed by atoms with E-state index in [9.17, 15) is 4.79 Å². The minimum absolute atomic E-state index is 0.0101. The summed E-state index contributed by atoms with van der Waals surface area (Å²) in [5.74, 6) is 1.41. The zero-order valence-electron chi connectivity index (χ0n) is 17.4. The fraction of sp³-hybridized carbons (Fsp3) is 0.500. The average Bonchev–Trinajstić information content (AvgIpc) is 3.00. The molecule has 2 saturated heterocycles. The molecule has 0 saturated carbocycles. The van der Waals surface area contributed by atoms with Crippen molar-refractivity contribution in [3.8, 4) is 5.88 Å². The first kappa shape index (κ1) is 20.4. The van der Waals surface area contributed by atoms with Crippen molar-refractivity contribution in [3.63, 3.8) is 0 Å². The number of amides is 2. The van der Waals surface area contributed by atoms with Crippen LogP contribution in [0, 0.1) is 0 Å². The zero-order chi connectivity index (χ0) is 20.8. The number of likely N-dealkylation sites (tertiary alicyclic amines) is 1. The van der Waals surface area contributed by atoms with Gasteiger partial charge >= 0.3 is 6.03 Å². The third-order valence-electron chi connectivity index (χ3n) is 5.88. The van der Waals surface area contributed by atoms with E-state index in [2.05, 4.69) is 20.2 Å². The van der Waals surface area contributed by atoms with Gasteiger partial charge in [0.1, 0.15) is 12.1 Å². The molecule has 1 aromatic carbocycles. The van der Waals surface area contributed by atoms with Crippen LogP contribution in [-0.2, 0) is 11.3 Å². The molecular weight excluding hydrogens is 382 g/mol. The number of carbonyl (C=O) groups excluding carboxylic acids is 1. The van der Waals surface area contributed by atoms with Crippen molar-refractivity contribution in [2.75, 3.05) is 44.8 Å². The number of carbonyl (C=O) groups is 1. The first-order valence-corrected chi connectivity index (χ1v) is 10.5. The van der Waals surface area contributed by atoms with Crippen LogP contribution in [0.2, 0.25) is 0 Å². The van der Waals surface area contributed by atoms with Gasteiger partial charge in [0.25, 0.3) is 0 Å². The maximum Gasteiger partial charge on any atom is 0.317 e. The van der Waals surface area contributed by atoms with Crippen molar-refractivity contribution in [1.82, 2.24) is 20.2 Å². The molecule has 2 aromatic rings. The van der Waals surface area contributed by atoms with Gasteiger partial charge in [-0.25, -0.2) is 14.8 Å². The van der Waals surface area contributed by atoms with Gasteiger partial charge in [-0.3, -0.25) is 0 Å². The smallest absolute Gasteiger partial charge is 0.317 e. The van der Waals surface area contributed by atoms with Gasteiger partial charge in [0, 0.05) is 38.8 Å². The van der Waals surface area contributed by atoms with Crippen LogP contribution in [0.1, 0.15) is 24.8 Å². The highest BCUT2D eigenvalue weighted by atomic mass is 16.5. The molecular formula is C22H29N5O3. The predicted molar refractivity (Wildman–Crippen MR) is 114 cm³/mol. The lowest BCUT2D eigenvalue weighted by molar-refractivity contribution is -0.0642. The van der Waals surface area contributed by atoms with Crippen molar-refractivity contribution in [3.05, 3.63) is 48.3 Å². The molecule has 2 aliphatic rings. The van der Waals surface area contributed by atoms with E-state index in [0.717, 1.165) is 50.3 Å². The second-order valence-electron chi connectivity index (χ2n) is 7.86. The topological polar surface area (TPSA) is 79.8 Å². The Balaban J connectivity index is 1.36. The number of hydrogen-bond acceptors (Lipinski definition) is 6. The lowest BCUT2D eigenvalue weighted by Gasteiger charge is -2.43. The Morgan fingerprint density at radius 3 is 2.90 bits per heavy atom. The summed E-state index contributed by atoms with van der Waals surface area (Å²) in [5.41, 5.74) is 0.842. The number of anilines is 1. The van der Waals surface area contributed by atoms with E-state index in [1.165, 1.54) is 6.33 Å². The predicted octanol–water partition coefficient (Wildman–Crippen LogP) is 2.46. The molecule has 1 N–H and O–H groups in total. The Morgan fingerprint density at radius 1 is 1.20 bits per heavy atom. The number of rotatable bonds is 4. The zero-order valence-corrected chi connectivity index (χ0v) is 17.4. The first-order chi connectivity index (χ1) is 14.7. The number of aromatic nitrogens is 2. The Morgan fingerprint density at radius 2 is 2.07 bits per heavy atom. The molecule has 30 heavy (non-hydrogen) atoms. The standard InChI is InChI=1S/C22H29N5O3/c1-29-20-14-19(24-17-25-20)27-12-13-30-22(16-27)8-5-10-26(11-9-22)21(28)23-15-18-6-3-2-4-7-18/h2-4,6-7,14,17H,5,8-13,15-16H2,1H3,(H,23,28). The van der Waals surface area contributed by atoms with Crippen LogP contribution in [0.5, 0.6) is 5.88 Å². The van der Waals surface area contributed by atoms with Crippen molar-refractivity contribution >= 4 is 11.8 Å². The van der Waals surface area contributed by atoms with E-state index in [1.807, 2.05) is 41.3 Å². The van der Waals surface area contributed by atoms with Gasteiger partial charge < -0.3 is 24.6 Å². The Kier molecular flexibility index (Phi) is 6.32.